The second-order valence-electron chi connectivity index (χ2n) is 15.5. The lowest BCUT2D eigenvalue weighted by Gasteiger charge is -2.13. The van der Waals surface area contributed by atoms with Crippen molar-refractivity contribution in [2.75, 3.05) is 0 Å². The van der Waals surface area contributed by atoms with Gasteiger partial charge in [0.1, 0.15) is 11.2 Å². The normalized spacial score (nSPS) is 11.2. The summed E-state index contributed by atoms with van der Waals surface area (Å²) in [5, 5.41) is 11.8. The lowest BCUT2D eigenvalue weighted by Crippen LogP contribution is -2.01. The highest BCUT2D eigenvalue weighted by atomic mass is 16.3. The number of hydrogen-bond acceptors (Lipinski definition) is 5. The van der Waals surface area contributed by atoms with Gasteiger partial charge < -0.3 is 4.42 Å². The van der Waals surface area contributed by atoms with Gasteiger partial charge in [-0.3, -0.25) is 0 Å². The Kier molecular flexibility index (Phi) is 9.50. The summed E-state index contributed by atoms with van der Waals surface area (Å²) in [7, 11) is 0. The van der Waals surface area contributed by atoms with Crippen LogP contribution in [0.15, 0.2) is 223 Å². The molecular formula is C58H36N4O. The van der Waals surface area contributed by atoms with Gasteiger partial charge in [0.2, 0.25) is 0 Å². The highest BCUT2D eigenvalue weighted by Gasteiger charge is 2.19. The Morgan fingerprint density at radius 3 is 1.48 bits per heavy atom. The van der Waals surface area contributed by atoms with Crippen LogP contribution in [0.2, 0.25) is 0 Å². The maximum Gasteiger partial charge on any atom is 0.164 e. The van der Waals surface area contributed by atoms with Gasteiger partial charge in [-0.25, -0.2) is 15.0 Å². The number of fused-ring (bicyclic) bond motifs is 3. The minimum Gasteiger partial charge on any atom is -0.456 e. The van der Waals surface area contributed by atoms with E-state index in [1.165, 1.54) is 11.1 Å². The third kappa shape index (κ3) is 7.22. The van der Waals surface area contributed by atoms with Gasteiger partial charge in [-0.05, 0) is 98.1 Å². The molecule has 63 heavy (non-hydrogen) atoms. The molecule has 5 nitrogen and oxygen atoms in total. The third-order valence-electron chi connectivity index (χ3n) is 11.6. The average Bonchev–Trinajstić information content (AvgIpc) is 3.75. The summed E-state index contributed by atoms with van der Waals surface area (Å²) in [4.78, 5) is 15.5. The highest BCUT2D eigenvalue weighted by molar-refractivity contribution is 6.13. The topological polar surface area (TPSA) is 75.6 Å². The maximum atomic E-state index is 9.75. The van der Waals surface area contributed by atoms with E-state index in [0.717, 1.165) is 83.1 Å². The Balaban J connectivity index is 1.04. The predicted octanol–water partition coefficient (Wildman–Crippen LogP) is 15.0. The van der Waals surface area contributed by atoms with Crippen LogP contribution in [0.25, 0.3) is 112 Å². The maximum absolute atomic E-state index is 9.75. The van der Waals surface area contributed by atoms with Gasteiger partial charge in [-0.15, -0.1) is 0 Å². The largest absolute Gasteiger partial charge is 0.456 e. The second kappa shape index (κ2) is 16.0. The van der Waals surface area contributed by atoms with Crippen LogP contribution in [-0.4, -0.2) is 15.0 Å². The molecule has 294 valence electrons. The van der Waals surface area contributed by atoms with Crippen molar-refractivity contribution in [2.24, 2.45) is 0 Å². The van der Waals surface area contributed by atoms with E-state index in [9.17, 15) is 5.26 Å². The van der Waals surface area contributed by atoms with Crippen molar-refractivity contribution in [1.29, 1.82) is 5.26 Å². The lowest BCUT2D eigenvalue weighted by atomic mass is 9.95. The van der Waals surface area contributed by atoms with Crippen LogP contribution < -0.4 is 0 Å². The van der Waals surface area contributed by atoms with E-state index in [1.807, 2.05) is 84.9 Å². The quantitative estimate of drug-likeness (QED) is 0.153. The molecule has 5 heteroatoms. The van der Waals surface area contributed by atoms with Crippen molar-refractivity contribution >= 4 is 21.9 Å². The van der Waals surface area contributed by atoms with E-state index in [2.05, 4.69) is 140 Å². The van der Waals surface area contributed by atoms with Crippen LogP contribution in [0.4, 0.5) is 0 Å². The molecule has 0 radical (unpaired) electrons. The Morgan fingerprint density at radius 2 is 0.778 bits per heavy atom. The monoisotopic (exact) mass is 804 g/mol. The van der Waals surface area contributed by atoms with Crippen molar-refractivity contribution in [3.8, 4) is 95.9 Å². The molecule has 0 amide bonds. The molecule has 0 aliphatic carbocycles. The van der Waals surface area contributed by atoms with E-state index < -0.39 is 0 Å². The zero-order chi connectivity index (χ0) is 42.1. The van der Waals surface area contributed by atoms with Gasteiger partial charge in [0.25, 0.3) is 0 Å². The van der Waals surface area contributed by atoms with Crippen molar-refractivity contribution in [3.05, 3.63) is 224 Å². The second-order valence-corrected chi connectivity index (χ2v) is 15.5. The van der Waals surface area contributed by atoms with Crippen LogP contribution in [-0.2, 0) is 0 Å². The zero-order valence-corrected chi connectivity index (χ0v) is 34.0. The van der Waals surface area contributed by atoms with Crippen LogP contribution in [0.3, 0.4) is 0 Å². The Hall–Kier alpha value is -8.72. The van der Waals surface area contributed by atoms with Crippen LogP contribution >= 0.6 is 0 Å². The van der Waals surface area contributed by atoms with Crippen LogP contribution in [0.1, 0.15) is 5.56 Å². The fourth-order valence-electron chi connectivity index (χ4n) is 8.47. The molecule has 11 aromatic rings. The van der Waals surface area contributed by atoms with Gasteiger partial charge in [-0.2, -0.15) is 5.26 Å². The number of nitrogens with zero attached hydrogens (tertiary/aromatic N) is 4. The van der Waals surface area contributed by atoms with E-state index >= 15 is 0 Å². The molecule has 0 fully saturated rings. The van der Waals surface area contributed by atoms with E-state index in [4.69, 9.17) is 19.4 Å². The molecule has 9 aromatic carbocycles. The SMILES string of the molecule is N#Cc1cccc(-c2ccccc2-c2nc(-c3cccc(-c4ccc(-c5ccccc5)cc4)c3)nc(-c3ccc4c(c3)oc3cccc(-c5cccc(-c6ccccc6)c5)c34)n2)c1. The zero-order valence-electron chi connectivity index (χ0n) is 34.0. The van der Waals surface area contributed by atoms with Crippen molar-refractivity contribution in [3.63, 3.8) is 0 Å². The summed E-state index contributed by atoms with van der Waals surface area (Å²) in [6.45, 7) is 0. The van der Waals surface area contributed by atoms with Gasteiger partial charge >= 0.3 is 0 Å². The minimum absolute atomic E-state index is 0.520. The molecule has 0 N–H and O–H groups in total. The number of nitriles is 1. The molecule has 0 atom stereocenters. The number of rotatable bonds is 8. The summed E-state index contributed by atoms with van der Waals surface area (Å²) < 4.78 is 6.62. The summed E-state index contributed by atoms with van der Waals surface area (Å²) in [6.07, 6.45) is 0. The van der Waals surface area contributed by atoms with Crippen LogP contribution in [0, 0.1) is 11.3 Å². The molecule has 0 aliphatic heterocycles. The first kappa shape index (κ1) is 37.3. The van der Waals surface area contributed by atoms with Crippen molar-refractivity contribution in [2.45, 2.75) is 0 Å². The fourth-order valence-corrected chi connectivity index (χ4v) is 8.47. The number of benzene rings is 9. The highest BCUT2D eigenvalue weighted by Crippen LogP contribution is 2.40. The van der Waals surface area contributed by atoms with E-state index in [0.29, 0.717) is 23.0 Å². The Bertz CT molecular complexity index is 3510. The molecule has 0 aliphatic rings. The standard InChI is InChI=1S/C58H36N4O/c59-37-38-13-9-20-45(33-38)49-23-7-8-24-51(49)58-61-56(47-22-11-19-44(35-47)42-29-27-41(28-30-42)39-14-3-1-4-15-39)60-57(62-58)48-31-32-52-54(36-48)63-53-26-12-25-50(55(52)53)46-21-10-18-43(34-46)40-16-5-2-6-17-40/h1-36H. The minimum atomic E-state index is 0.520. The number of aromatic nitrogens is 3. The molecule has 2 heterocycles. The molecule has 0 spiro atoms. The molecular weight excluding hydrogens is 769 g/mol. The smallest absolute Gasteiger partial charge is 0.164 e. The predicted molar refractivity (Wildman–Crippen MR) is 255 cm³/mol. The molecule has 11 rings (SSSR count). The molecule has 0 bridgehead atoms. The van der Waals surface area contributed by atoms with Crippen LogP contribution in [0.5, 0.6) is 0 Å². The fraction of sp³-hybridized carbons (Fsp3) is 0. The van der Waals surface area contributed by atoms with E-state index in [-0.39, 0.29) is 0 Å². The summed E-state index contributed by atoms with van der Waals surface area (Å²) in [5.74, 6) is 1.59. The number of hydrogen-bond donors (Lipinski definition) is 0. The summed E-state index contributed by atoms with van der Waals surface area (Å²) >= 11 is 0. The summed E-state index contributed by atoms with van der Waals surface area (Å²) in [6, 6.07) is 76.9. The van der Waals surface area contributed by atoms with E-state index in [1.54, 1.807) is 0 Å². The van der Waals surface area contributed by atoms with Gasteiger partial charge in [0.05, 0.1) is 11.6 Å². The first-order chi connectivity index (χ1) is 31.1. The molecule has 0 saturated heterocycles. The van der Waals surface area contributed by atoms with Crippen molar-refractivity contribution < 1.29 is 4.42 Å². The third-order valence-corrected chi connectivity index (χ3v) is 11.6. The summed E-state index contributed by atoms with van der Waals surface area (Å²) in [5.41, 5.74) is 15.5. The molecule has 0 saturated carbocycles. The van der Waals surface area contributed by atoms with Crippen molar-refractivity contribution in [1.82, 2.24) is 15.0 Å². The average molecular weight is 805 g/mol. The number of furan rings is 1. The van der Waals surface area contributed by atoms with Gasteiger partial charge in [0.15, 0.2) is 17.5 Å². The first-order valence-corrected chi connectivity index (χ1v) is 20.9. The Labute approximate surface area is 364 Å². The first-order valence-electron chi connectivity index (χ1n) is 20.9. The molecule has 0 unspecified atom stereocenters. The van der Waals surface area contributed by atoms with Gasteiger partial charge in [0, 0.05) is 27.5 Å². The Morgan fingerprint density at radius 1 is 0.317 bits per heavy atom. The lowest BCUT2D eigenvalue weighted by molar-refractivity contribution is 0.669. The van der Waals surface area contributed by atoms with Gasteiger partial charge in [-0.1, -0.05) is 176 Å². The molecule has 2 aromatic heterocycles.